The number of sulfonamides is 1. The van der Waals surface area contributed by atoms with Crippen LogP contribution in [-0.4, -0.2) is 56.3 Å². The lowest BCUT2D eigenvalue weighted by Gasteiger charge is -2.32. The van der Waals surface area contributed by atoms with E-state index >= 15 is 0 Å². The maximum Gasteiger partial charge on any atom is 0.244 e. The molecule has 0 radical (unpaired) electrons. The maximum atomic E-state index is 13.7. The van der Waals surface area contributed by atoms with Crippen LogP contribution in [0.5, 0.6) is 11.5 Å². The highest BCUT2D eigenvalue weighted by Gasteiger charge is 2.32. The quantitative estimate of drug-likeness (QED) is 0.491. The Kier molecular flexibility index (Phi) is 8.84. The first-order valence-corrected chi connectivity index (χ1v) is 13.7. The van der Waals surface area contributed by atoms with Crippen molar-refractivity contribution in [3.8, 4) is 11.5 Å². The van der Waals surface area contributed by atoms with E-state index in [0.717, 1.165) is 21.9 Å². The van der Waals surface area contributed by atoms with Gasteiger partial charge in [-0.3, -0.25) is 13.9 Å². The standard InChI is InChI=1S/C26H35N3O6S/c1-6-19(4)27-26(31)20(5)28(15-21-11-9-8-10-18(21)3)25(30)16-29(36(32,33)7-2)22-12-13-23-24(14-22)35-17-34-23/h8-14,19-20H,6-7,15-17H2,1-5H3,(H,27,31)/t19-,20-/m1/s1. The van der Waals surface area contributed by atoms with Gasteiger partial charge in [-0.15, -0.1) is 0 Å². The van der Waals surface area contributed by atoms with E-state index in [1.54, 1.807) is 25.1 Å². The fourth-order valence-electron chi connectivity index (χ4n) is 3.78. The molecule has 0 spiro atoms. The number of carbonyl (C=O) groups excluding carboxylic acids is 2. The fraction of sp³-hybridized carbons (Fsp3) is 0.462. The minimum absolute atomic E-state index is 0.0469. The molecule has 0 bridgehead atoms. The molecule has 9 nitrogen and oxygen atoms in total. The van der Waals surface area contributed by atoms with Gasteiger partial charge in [0.15, 0.2) is 11.5 Å². The van der Waals surface area contributed by atoms with Crippen molar-refractivity contribution in [1.82, 2.24) is 10.2 Å². The van der Waals surface area contributed by atoms with E-state index in [-0.39, 0.29) is 31.0 Å². The van der Waals surface area contributed by atoms with E-state index in [1.807, 2.05) is 45.0 Å². The summed E-state index contributed by atoms with van der Waals surface area (Å²) in [6, 6.07) is 11.5. The highest BCUT2D eigenvalue weighted by molar-refractivity contribution is 7.92. The van der Waals surface area contributed by atoms with Gasteiger partial charge in [0, 0.05) is 18.7 Å². The molecule has 0 saturated carbocycles. The van der Waals surface area contributed by atoms with E-state index in [2.05, 4.69) is 5.32 Å². The summed E-state index contributed by atoms with van der Waals surface area (Å²) in [4.78, 5) is 28.2. The van der Waals surface area contributed by atoms with Crippen LogP contribution in [0.4, 0.5) is 5.69 Å². The van der Waals surface area contributed by atoms with Crippen LogP contribution in [0.15, 0.2) is 42.5 Å². The lowest BCUT2D eigenvalue weighted by molar-refractivity contribution is -0.139. The number of hydrogen-bond acceptors (Lipinski definition) is 6. The van der Waals surface area contributed by atoms with Crippen LogP contribution < -0.4 is 19.1 Å². The van der Waals surface area contributed by atoms with Crippen molar-refractivity contribution >= 4 is 27.5 Å². The third-order valence-electron chi connectivity index (χ3n) is 6.39. The summed E-state index contributed by atoms with van der Waals surface area (Å²) >= 11 is 0. The van der Waals surface area contributed by atoms with E-state index in [9.17, 15) is 18.0 Å². The normalized spacial score (nSPS) is 14.1. The molecule has 2 atom stereocenters. The molecule has 1 N–H and O–H groups in total. The molecule has 3 rings (SSSR count). The Labute approximate surface area is 213 Å². The molecule has 2 aromatic carbocycles. The van der Waals surface area contributed by atoms with Crippen LogP contribution in [-0.2, 0) is 26.2 Å². The number of hydrogen-bond donors (Lipinski definition) is 1. The number of nitrogens with one attached hydrogen (secondary N) is 1. The molecule has 0 fully saturated rings. The smallest absolute Gasteiger partial charge is 0.244 e. The average molecular weight is 518 g/mol. The molecule has 0 saturated heterocycles. The Balaban J connectivity index is 1.95. The monoisotopic (exact) mass is 517 g/mol. The van der Waals surface area contributed by atoms with Crippen molar-refractivity contribution in [3.05, 3.63) is 53.6 Å². The second-order valence-corrected chi connectivity index (χ2v) is 11.1. The maximum absolute atomic E-state index is 13.7. The van der Waals surface area contributed by atoms with Gasteiger partial charge in [0.1, 0.15) is 12.6 Å². The van der Waals surface area contributed by atoms with E-state index in [1.165, 1.54) is 11.8 Å². The summed E-state index contributed by atoms with van der Waals surface area (Å²) in [6.07, 6.45) is 0.747. The number of ether oxygens (including phenoxy) is 2. The first-order chi connectivity index (χ1) is 17.1. The lowest BCUT2D eigenvalue weighted by Crippen LogP contribution is -2.52. The van der Waals surface area contributed by atoms with Gasteiger partial charge in [-0.05, 0) is 57.4 Å². The van der Waals surface area contributed by atoms with Crippen LogP contribution in [0, 0.1) is 6.92 Å². The molecule has 2 aromatic rings. The second kappa shape index (κ2) is 11.6. The molecule has 0 unspecified atom stereocenters. The predicted octanol–water partition coefficient (Wildman–Crippen LogP) is 3.21. The molecule has 196 valence electrons. The number of rotatable bonds is 11. The Morgan fingerprint density at radius 3 is 2.42 bits per heavy atom. The number of amides is 2. The molecular formula is C26H35N3O6S. The number of carbonyl (C=O) groups is 2. The summed E-state index contributed by atoms with van der Waals surface area (Å²) in [5, 5.41) is 2.92. The van der Waals surface area contributed by atoms with E-state index in [4.69, 9.17) is 9.47 Å². The molecule has 0 aliphatic carbocycles. The molecule has 2 amide bonds. The fourth-order valence-corrected chi connectivity index (χ4v) is 4.83. The second-order valence-electron chi connectivity index (χ2n) is 8.89. The Morgan fingerprint density at radius 2 is 1.75 bits per heavy atom. The minimum atomic E-state index is -3.82. The number of nitrogens with zero attached hydrogens (tertiary/aromatic N) is 2. The molecule has 1 aliphatic rings. The number of fused-ring (bicyclic) bond motifs is 1. The Bertz CT molecular complexity index is 1200. The molecule has 36 heavy (non-hydrogen) atoms. The third kappa shape index (κ3) is 6.29. The molecule has 10 heteroatoms. The van der Waals surface area contributed by atoms with Crippen LogP contribution in [0.2, 0.25) is 0 Å². The zero-order chi connectivity index (χ0) is 26.5. The van der Waals surface area contributed by atoms with Crippen molar-refractivity contribution in [2.75, 3.05) is 23.4 Å². The summed E-state index contributed by atoms with van der Waals surface area (Å²) < 4.78 is 37.9. The number of aryl methyl sites for hydroxylation is 1. The first-order valence-electron chi connectivity index (χ1n) is 12.1. The summed E-state index contributed by atoms with van der Waals surface area (Å²) in [5.41, 5.74) is 2.14. The van der Waals surface area contributed by atoms with Crippen LogP contribution in [0.25, 0.3) is 0 Å². The SMILES string of the molecule is CC[C@@H](C)NC(=O)[C@@H](C)N(Cc1ccccc1C)C(=O)CN(c1ccc2c(c1)OCO2)S(=O)(=O)CC. The average Bonchev–Trinajstić information content (AvgIpc) is 3.34. The van der Waals surface area contributed by atoms with Gasteiger partial charge in [0.05, 0.1) is 11.4 Å². The highest BCUT2D eigenvalue weighted by atomic mass is 32.2. The molecule has 0 aromatic heterocycles. The molecule has 1 aliphatic heterocycles. The van der Waals surface area contributed by atoms with E-state index in [0.29, 0.717) is 17.2 Å². The van der Waals surface area contributed by atoms with Crippen LogP contribution >= 0.6 is 0 Å². The number of benzene rings is 2. The van der Waals surface area contributed by atoms with Gasteiger partial charge in [0.2, 0.25) is 28.6 Å². The van der Waals surface area contributed by atoms with Crippen LogP contribution in [0.3, 0.4) is 0 Å². The minimum Gasteiger partial charge on any atom is -0.454 e. The van der Waals surface area contributed by atoms with Gasteiger partial charge < -0.3 is 19.7 Å². The topological polar surface area (TPSA) is 105 Å². The predicted molar refractivity (Wildman–Crippen MR) is 138 cm³/mol. The first kappa shape index (κ1) is 27.3. The zero-order valence-electron chi connectivity index (χ0n) is 21.5. The summed E-state index contributed by atoms with van der Waals surface area (Å²) in [7, 11) is -3.82. The largest absolute Gasteiger partial charge is 0.454 e. The molecular weight excluding hydrogens is 482 g/mol. The number of anilines is 1. The van der Waals surface area contributed by atoms with Gasteiger partial charge >= 0.3 is 0 Å². The highest BCUT2D eigenvalue weighted by Crippen LogP contribution is 2.36. The van der Waals surface area contributed by atoms with E-state index < -0.39 is 28.5 Å². The van der Waals surface area contributed by atoms with Crippen molar-refractivity contribution in [2.24, 2.45) is 0 Å². The third-order valence-corrected chi connectivity index (χ3v) is 8.13. The Hall–Kier alpha value is -3.27. The van der Waals surface area contributed by atoms with Gasteiger partial charge in [-0.1, -0.05) is 31.2 Å². The van der Waals surface area contributed by atoms with Crippen molar-refractivity contribution in [2.45, 2.75) is 59.7 Å². The summed E-state index contributed by atoms with van der Waals surface area (Å²) in [5.74, 6) is -0.0555. The van der Waals surface area contributed by atoms with Gasteiger partial charge in [0.25, 0.3) is 0 Å². The Morgan fingerprint density at radius 1 is 1.06 bits per heavy atom. The van der Waals surface area contributed by atoms with Crippen LogP contribution in [0.1, 0.15) is 45.2 Å². The van der Waals surface area contributed by atoms with Crippen molar-refractivity contribution < 1.29 is 27.5 Å². The summed E-state index contributed by atoms with van der Waals surface area (Å²) in [6.45, 7) is 8.73. The van der Waals surface area contributed by atoms with Crippen molar-refractivity contribution in [1.29, 1.82) is 0 Å². The lowest BCUT2D eigenvalue weighted by atomic mass is 10.1. The molecule has 1 heterocycles. The zero-order valence-corrected chi connectivity index (χ0v) is 22.3. The van der Waals surface area contributed by atoms with Gasteiger partial charge in [-0.2, -0.15) is 0 Å². The van der Waals surface area contributed by atoms with Crippen molar-refractivity contribution in [3.63, 3.8) is 0 Å². The van der Waals surface area contributed by atoms with Gasteiger partial charge in [-0.25, -0.2) is 8.42 Å².